The number of nitrogens with zero attached hydrogens (tertiary/aromatic N) is 1. The van der Waals surface area contributed by atoms with Crippen LogP contribution in [0.25, 0.3) is 0 Å². The van der Waals surface area contributed by atoms with Gasteiger partial charge in [-0.3, -0.25) is 4.90 Å². The van der Waals surface area contributed by atoms with Crippen LogP contribution in [0.3, 0.4) is 0 Å². The van der Waals surface area contributed by atoms with Gasteiger partial charge in [0.15, 0.2) is 0 Å². The van der Waals surface area contributed by atoms with E-state index in [0.29, 0.717) is 18.6 Å². The summed E-state index contributed by atoms with van der Waals surface area (Å²) in [6.07, 6.45) is 3.10. The van der Waals surface area contributed by atoms with Crippen molar-refractivity contribution >= 4 is 6.09 Å². The summed E-state index contributed by atoms with van der Waals surface area (Å²) in [5.41, 5.74) is -0.235. The average Bonchev–Trinajstić information content (AvgIpc) is 2.84. The molecular formula is C15H28N2O3. The lowest BCUT2D eigenvalue weighted by Crippen LogP contribution is -2.41. The molecule has 20 heavy (non-hydrogen) atoms. The van der Waals surface area contributed by atoms with Gasteiger partial charge in [0.2, 0.25) is 0 Å². The van der Waals surface area contributed by atoms with Crippen LogP contribution in [-0.2, 0) is 9.47 Å². The van der Waals surface area contributed by atoms with Gasteiger partial charge in [0, 0.05) is 37.3 Å². The third-order valence-corrected chi connectivity index (χ3v) is 3.95. The van der Waals surface area contributed by atoms with Crippen LogP contribution in [0.2, 0.25) is 0 Å². The number of hydrogen-bond donors (Lipinski definition) is 1. The Bertz CT molecular complexity index is 322. The predicted molar refractivity (Wildman–Crippen MR) is 77.8 cm³/mol. The molecule has 0 radical (unpaired) electrons. The normalized spacial score (nSPS) is 25.6. The number of likely N-dealkylation sites (tertiary alicyclic amines) is 1. The van der Waals surface area contributed by atoms with Crippen LogP contribution in [0.15, 0.2) is 0 Å². The molecule has 1 atom stereocenters. The fourth-order valence-electron chi connectivity index (χ4n) is 2.92. The van der Waals surface area contributed by atoms with Crippen molar-refractivity contribution < 1.29 is 14.3 Å². The number of ether oxygens (including phenoxy) is 2. The lowest BCUT2D eigenvalue weighted by atomic mass is 10.1. The summed E-state index contributed by atoms with van der Waals surface area (Å²) in [5.74, 6) is 0.476. The maximum atomic E-state index is 11.6. The maximum absolute atomic E-state index is 11.6. The lowest BCUT2D eigenvalue weighted by molar-refractivity contribution is 0.0397. The molecular weight excluding hydrogens is 256 g/mol. The Morgan fingerprint density at radius 2 is 2.00 bits per heavy atom. The van der Waals surface area contributed by atoms with Crippen LogP contribution >= 0.6 is 0 Å². The monoisotopic (exact) mass is 284 g/mol. The van der Waals surface area contributed by atoms with Crippen molar-refractivity contribution in [2.24, 2.45) is 5.92 Å². The molecule has 0 spiro atoms. The Hall–Kier alpha value is -0.810. The molecule has 2 heterocycles. The topological polar surface area (TPSA) is 50.8 Å². The average molecular weight is 284 g/mol. The zero-order valence-electron chi connectivity index (χ0n) is 13.0. The van der Waals surface area contributed by atoms with Crippen LogP contribution in [0.5, 0.6) is 0 Å². The second-order valence-electron chi connectivity index (χ2n) is 6.97. The highest BCUT2D eigenvalue weighted by molar-refractivity contribution is 5.68. The van der Waals surface area contributed by atoms with E-state index in [1.807, 2.05) is 20.8 Å². The third-order valence-electron chi connectivity index (χ3n) is 3.95. The van der Waals surface area contributed by atoms with Gasteiger partial charge < -0.3 is 14.8 Å². The number of alkyl carbamates (subject to hydrolysis) is 1. The zero-order chi connectivity index (χ0) is 14.6. The minimum absolute atomic E-state index is 0.235. The van der Waals surface area contributed by atoms with Gasteiger partial charge in [0.05, 0.1) is 6.61 Å². The SMILES string of the molecule is CC(C)(C)NC(=O)OC[C@H]1CCN(C2CCOCC2)C1. The Kier molecular flexibility index (Phi) is 5.27. The predicted octanol–water partition coefficient (Wildman–Crippen LogP) is 2.01. The second-order valence-corrected chi connectivity index (χ2v) is 6.97. The van der Waals surface area contributed by atoms with E-state index in [4.69, 9.17) is 9.47 Å². The Labute approximate surface area is 122 Å². The first-order valence-corrected chi connectivity index (χ1v) is 7.71. The summed E-state index contributed by atoms with van der Waals surface area (Å²) < 4.78 is 10.7. The van der Waals surface area contributed by atoms with Gasteiger partial charge >= 0.3 is 6.09 Å². The highest BCUT2D eigenvalue weighted by Gasteiger charge is 2.30. The molecule has 0 unspecified atom stereocenters. The second kappa shape index (κ2) is 6.76. The Morgan fingerprint density at radius 3 is 2.65 bits per heavy atom. The van der Waals surface area contributed by atoms with E-state index in [1.54, 1.807) is 0 Å². The van der Waals surface area contributed by atoms with E-state index >= 15 is 0 Å². The molecule has 0 aliphatic carbocycles. The first-order chi connectivity index (χ1) is 9.44. The number of carbonyl (C=O) groups excluding carboxylic acids is 1. The highest BCUT2D eigenvalue weighted by atomic mass is 16.5. The number of hydrogen-bond acceptors (Lipinski definition) is 4. The molecule has 1 amide bonds. The van der Waals surface area contributed by atoms with E-state index < -0.39 is 0 Å². The summed E-state index contributed by atoms with van der Waals surface area (Å²) in [6.45, 7) is 10.3. The summed E-state index contributed by atoms with van der Waals surface area (Å²) in [6, 6.07) is 0.664. The fourth-order valence-corrected chi connectivity index (χ4v) is 2.92. The standard InChI is InChI=1S/C15H28N2O3/c1-15(2,3)16-14(18)20-11-12-4-7-17(10-12)13-5-8-19-9-6-13/h12-13H,4-11H2,1-3H3,(H,16,18)/t12-/m0/s1. The van der Waals surface area contributed by atoms with Gasteiger partial charge in [-0.1, -0.05) is 0 Å². The van der Waals surface area contributed by atoms with Crippen molar-refractivity contribution in [1.29, 1.82) is 0 Å². The molecule has 2 fully saturated rings. The van der Waals surface area contributed by atoms with Crippen molar-refractivity contribution in [3.63, 3.8) is 0 Å². The van der Waals surface area contributed by atoms with Gasteiger partial charge in [-0.2, -0.15) is 0 Å². The van der Waals surface area contributed by atoms with Crippen molar-refractivity contribution in [3.8, 4) is 0 Å². The number of carbonyl (C=O) groups is 1. The quantitative estimate of drug-likeness (QED) is 0.861. The molecule has 0 aromatic carbocycles. The van der Waals surface area contributed by atoms with Gasteiger partial charge in [0.1, 0.15) is 0 Å². The first kappa shape index (κ1) is 15.6. The van der Waals surface area contributed by atoms with E-state index in [9.17, 15) is 4.79 Å². The summed E-state index contributed by atoms with van der Waals surface area (Å²) >= 11 is 0. The maximum Gasteiger partial charge on any atom is 0.407 e. The molecule has 2 saturated heterocycles. The van der Waals surface area contributed by atoms with Gasteiger partial charge in [-0.15, -0.1) is 0 Å². The van der Waals surface area contributed by atoms with Crippen LogP contribution < -0.4 is 5.32 Å². The van der Waals surface area contributed by atoms with E-state index in [-0.39, 0.29) is 11.6 Å². The number of nitrogens with one attached hydrogen (secondary N) is 1. The van der Waals surface area contributed by atoms with Gasteiger partial charge in [-0.05, 0) is 46.6 Å². The largest absolute Gasteiger partial charge is 0.449 e. The first-order valence-electron chi connectivity index (χ1n) is 7.71. The van der Waals surface area contributed by atoms with E-state index in [2.05, 4.69) is 10.2 Å². The Balaban J connectivity index is 1.67. The minimum Gasteiger partial charge on any atom is -0.449 e. The summed E-state index contributed by atoms with van der Waals surface area (Å²) in [7, 11) is 0. The molecule has 0 aromatic heterocycles. The summed E-state index contributed by atoms with van der Waals surface area (Å²) in [4.78, 5) is 14.2. The fraction of sp³-hybridized carbons (Fsp3) is 0.933. The molecule has 5 nitrogen and oxygen atoms in total. The molecule has 5 heteroatoms. The molecule has 0 saturated carbocycles. The number of amides is 1. The van der Waals surface area contributed by atoms with Crippen LogP contribution in [0, 0.1) is 5.92 Å². The molecule has 116 valence electrons. The molecule has 2 aliphatic rings. The van der Waals surface area contributed by atoms with Crippen molar-refractivity contribution in [2.75, 3.05) is 32.9 Å². The van der Waals surface area contributed by atoms with Gasteiger partial charge in [0.25, 0.3) is 0 Å². The van der Waals surface area contributed by atoms with Crippen molar-refractivity contribution in [2.45, 2.75) is 51.6 Å². The molecule has 2 rings (SSSR count). The zero-order valence-corrected chi connectivity index (χ0v) is 13.0. The minimum atomic E-state index is -0.304. The molecule has 0 bridgehead atoms. The van der Waals surface area contributed by atoms with Gasteiger partial charge in [-0.25, -0.2) is 4.79 Å². The molecule has 1 N–H and O–H groups in total. The lowest BCUT2D eigenvalue weighted by Gasteiger charge is -2.31. The summed E-state index contributed by atoms with van der Waals surface area (Å²) in [5, 5.41) is 2.83. The number of rotatable bonds is 3. The van der Waals surface area contributed by atoms with Crippen LogP contribution in [0.4, 0.5) is 4.79 Å². The smallest absolute Gasteiger partial charge is 0.407 e. The van der Waals surface area contributed by atoms with E-state index in [0.717, 1.165) is 45.6 Å². The molecule has 2 aliphatic heterocycles. The van der Waals surface area contributed by atoms with Crippen molar-refractivity contribution in [1.82, 2.24) is 10.2 Å². The Morgan fingerprint density at radius 1 is 1.30 bits per heavy atom. The third kappa shape index (κ3) is 4.94. The van der Waals surface area contributed by atoms with E-state index in [1.165, 1.54) is 0 Å². The van der Waals surface area contributed by atoms with Crippen LogP contribution in [-0.4, -0.2) is 55.5 Å². The highest BCUT2D eigenvalue weighted by Crippen LogP contribution is 2.23. The van der Waals surface area contributed by atoms with Crippen LogP contribution in [0.1, 0.15) is 40.0 Å². The van der Waals surface area contributed by atoms with Crippen molar-refractivity contribution in [3.05, 3.63) is 0 Å². The molecule has 0 aromatic rings.